The number of fused-ring (bicyclic) bond motifs is 1. The maximum atomic E-state index is 6.13. The lowest BCUT2D eigenvalue weighted by atomic mass is 10.0. The van der Waals surface area contributed by atoms with Crippen molar-refractivity contribution in [2.45, 2.75) is 32.3 Å². The van der Waals surface area contributed by atoms with Crippen molar-refractivity contribution in [1.29, 1.82) is 0 Å². The highest BCUT2D eigenvalue weighted by Crippen LogP contribution is 2.34. The van der Waals surface area contributed by atoms with Gasteiger partial charge in [-0.2, -0.15) is 0 Å². The molecule has 0 amide bonds. The Bertz CT molecular complexity index is 989. The van der Waals surface area contributed by atoms with Gasteiger partial charge in [0, 0.05) is 30.5 Å². The highest BCUT2D eigenvalue weighted by Gasteiger charge is 2.29. The van der Waals surface area contributed by atoms with E-state index in [1.54, 1.807) is 6.20 Å². The number of hydrogen-bond donors (Lipinski definition) is 0. The van der Waals surface area contributed by atoms with Crippen LogP contribution in [-0.4, -0.2) is 34.6 Å². The zero-order chi connectivity index (χ0) is 18.9. The van der Waals surface area contributed by atoms with Gasteiger partial charge in [0.15, 0.2) is 5.82 Å². The third-order valence-electron chi connectivity index (χ3n) is 5.71. The first-order valence-corrected chi connectivity index (χ1v) is 10.0. The molecule has 0 radical (unpaired) electrons. The molecule has 1 atom stereocenters. The molecule has 3 aromatic rings. The minimum atomic E-state index is 0.0697. The first-order chi connectivity index (χ1) is 13.8. The Balaban J connectivity index is 1.52. The Hall–Kier alpha value is -2.79. The summed E-state index contributed by atoms with van der Waals surface area (Å²) in [6.07, 6.45) is 5.10. The van der Waals surface area contributed by atoms with Crippen molar-refractivity contribution in [2.75, 3.05) is 24.6 Å². The summed E-state index contributed by atoms with van der Waals surface area (Å²) in [5.74, 6) is 1.81. The molecule has 0 spiro atoms. The second-order valence-corrected chi connectivity index (χ2v) is 7.53. The van der Waals surface area contributed by atoms with Gasteiger partial charge in [-0.05, 0) is 49.4 Å². The molecule has 5 heteroatoms. The van der Waals surface area contributed by atoms with E-state index in [1.165, 1.54) is 22.4 Å². The lowest BCUT2D eigenvalue weighted by molar-refractivity contribution is 0.0391. The molecule has 1 aliphatic heterocycles. The van der Waals surface area contributed by atoms with E-state index in [0.717, 1.165) is 49.7 Å². The summed E-state index contributed by atoms with van der Waals surface area (Å²) in [4.78, 5) is 16.7. The molecule has 3 heterocycles. The Morgan fingerprint density at radius 2 is 1.93 bits per heavy atom. The summed E-state index contributed by atoms with van der Waals surface area (Å²) in [5, 5.41) is 0. The summed E-state index contributed by atoms with van der Waals surface area (Å²) >= 11 is 0. The molecule has 0 N–H and O–H groups in total. The molecule has 5 nitrogen and oxygen atoms in total. The summed E-state index contributed by atoms with van der Waals surface area (Å²) in [7, 11) is 0. The SMILES string of the molecule is Cc1ccccc1C1CN(c2nc(-c3ccccn3)nc3c2CCC3)CCO1. The fourth-order valence-electron chi connectivity index (χ4n) is 4.26. The van der Waals surface area contributed by atoms with Gasteiger partial charge in [-0.3, -0.25) is 4.98 Å². The Kier molecular flexibility index (Phi) is 4.53. The van der Waals surface area contributed by atoms with E-state index in [2.05, 4.69) is 41.1 Å². The van der Waals surface area contributed by atoms with Gasteiger partial charge >= 0.3 is 0 Å². The first kappa shape index (κ1) is 17.3. The maximum Gasteiger partial charge on any atom is 0.180 e. The van der Waals surface area contributed by atoms with Crippen LogP contribution in [0.25, 0.3) is 11.5 Å². The highest BCUT2D eigenvalue weighted by molar-refractivity contribution is 5.59. The van der Waals surface area contributed by atoms with E-state index >= 15 is 0 Å². The molecule has 1 aliphatic carbocycles. The molecule has 1 aromatic carbocycles. The van der Waals surface area contributed by atoms with Crippen LogP contribution in [0.2, 0.25) is 0 Å². The Morgan fingerprint density at radius 1 is 1.04 bits per heavy atom. The number of nitrogens with zero attached hydrogens (tertiary/aromatic N) is 4. The molecule has 2 aromatic heterocycles. The number of pyridine rings is 1. The molecule has 142 valence electrons. The molecule has 0 saturated carbocycles. The lowest BCUT2D eigenvalue weighted by Crippen LogP contribution is -2.39. The van der Waals surface area contributed by atoms with E-state index in [-0.39, 0.29) is 6.10 Å². The molecular formula is C23H24N4O. The van der Waals surface area contributed by atoms with E-state index in [1.807, 2.05) is 18.2 Å². The number of aromatic nitrogens is 3. The normalized spacial score (nSPS) is 18.9. The van der Waals surface area contributed by atoms with Crippen LogP contribution in [0.15, 0.2) is 48.7 Å². The van der Waals surface area contributed by atoms with Crippen molar-refractivity contribution in [3.05, 3.63) is 71.0 Å². The van der Waals surface area contributed by atoms with Gasteiger partial charge in [-0.25, -0.2) is 9.97 Å². The zero-order valence-electron chi connectivity index (χ0n) is 16.1. The number of aryl methyl sites for hydroxylation is 2. The number of rotatable bonds is 3. The van der Waals surface area contributed by atoms with Gasteiger partial charge < -0.3 is 9.64 Å². The number of morpholine rings is 1. The Labute approximate surface area is 165 Å². The molecular weight excluding hydrogens is 348 g/mol. The molecule has 1 fully saturated rings. The molecule has 28 heavy (non-hydrogen) atoms. The fraction of sp³-hybridized carbons (Fsp3) is 0.348. The Morgan fingerprint density at radius 3 is 2.79 bits per heavy atom. The van der Waals surface area contributed by atoms with E-state index in [0.29, 0.717) is 6.61 Å². The van der Waals surface area contributed by atoms with Crippen LogP contribution in [0.4, 0.5) is 5.82 Å². The summed E-state index contributed by atoms with van der Waals surface area (Å²) < 4.78 is 6.13. The standard InChI is InChI=1S/C23H24N4O/c1-16-7-2-3-8-17(16)21-15-27(13-14-28-21)23-18-9-6-11-19(18)25-22(26-23)20-10-4-5-12-24-20/h2-5,7-8,10,12,21H,6,9,11,13-15H2,1H3. The van der Waals surface area contributed by atoms with Gasteiger partial charge in [0.1, 0.15) is 17.6 Å². The topological polar surface area (TPSA) is 51.1 Å². The van der Waals surface area contributed by atoms with Crippen LogP contribution in [0.3, 0.4) is 0 Å². The highest BCUT2D eigenvalue weighted by atomic mass is 16.5. The van der Waals surface area contributed by atoms with Crippen molar-refractivity contribution in [3.63, 3.8) is 0 Å². The van der Waals surface area contributed by atoms with Crippen LogP contribution in [-0.2, 0) is 17.6 Å². The number of anilines is 1. The van der Waals surface area contributed by atoms with Gasteiger partial charge in [-0.1, -0.05) is 30.3 Å². The third-order valence-corrected chi connectivity index (χ3v) is 5.71. The predicted molar refractivity (Wildman–Crippen MR) is 109 cm³/mol. The van der Waals surface area contributed by atoms with Crippen molar-refractivity contribution < 1.29 is 4.74 Å². The molecule has 1 saturated heterocycles. The average molecular weight is 372 g/mol. The molecule has 5 rings (SSSR count). The molecule has 0 bridgehead atoms. The second kappa shape index (κ2) is 7.32. The number of benzene rings is 1. The van der Waals surface area contributed by atoms with Gasteiger partial charge in [0.2, 0.25) is 0 Å². The minimum Gasteiger partial charge on any atom is -0.370 e. The van der Waals surface area contributed by atoms with Crippen molar-refractivity contribution in [2.24, 2.45) is 0 Å². The minimum absolute atomic E-state index is 0.0697. The van der Waals surface area contributed by atoms with Gasteiger partial charge in [-0.15, -0.1) is 0 Å². The predicted octanol–water partition coefficient (Wildman–Crippen LogP) is 3.91. The van der Waals surface area contributed by atoms with Crippen molar-refractivity contribution >= 4 is 5.82 Å². The van der Waals surface area contributed by atoms with Crippen molar-refractivity contribution in [1.82, 2.24) is 15.0 Å². The smallest absolute Gasteiger partial charge is 0.180 e. The van der Waals surface area contributed by atoms with Crippen LogP contribution in [0.1, 0.15) is 34.9 Å². The number of ether oxygens (including phenoxy) is 1. The van der Waals surface area contributed by atoms with E-state index in [9.17, 15) is 0 Å². The van der Waals surface area contributed by atoms with Gasteiger partial charge in [0.25, 0.3) is 0 Å². The monoisotopic (exact) mass is 372 g/mol. The first-order valence-electron chi connectivity index (χ1n) is 10.0. The quantitative estimate of drug-likeness (QED) is 0.698. The van der Waals surface area contributed by atoms with E-state index in [4.69, 9.17) is 14.7 Å². The number of hydrogen-bond acceptors (Lipinski definition) is 5. The molecule has 2 aliphatic rings. The fourth-order valence-corrected chi connectivity index (χ4v) is 4.26. The van der Waals surface area contributed by atoms with Crippen molar-refractivity contribution in [3.8, 4) is 11.5 Å². The second-order valence-electron chi connectivity index (χ2n) is 7.53. The summed E-state index contributed by atoms with van der Waals surface area (Å²) in [6, 6.07) is 14.4. The van der Waals surface area contributed by atoms with Crippen LogP contribution < -0.4 is 4.90 Å². The summed E-state index contributed by atoms with van der Waals surface area (Å²) in [6.45, 7) is 4.53. The van der Waals surface area contributed by atoms with Gasteiger partial charge in [0.05, 0.1) is 6.61 Å². The maximum absolute atomic E-state index is 6.13. The largest absolute Gasteiger partial charge is 0.370 e. The lowest BCUT2D eigenvalue weighted by Gasteiger charge is -2.35. The summed E-state index contributed by atoms with van der Waals surface area (Å²) in [5.41, 5.74) is 5.87. The molecule has 1 unspecified atom stereocenters. The van der Waals surface area contributed by atoms with E-state index < -0.39 is 0 Å². The average Bonchev–Trinajstić information content (AvgIpc) is 3.23. The van der Waals surface area contributed by atoms with Crippen LogP contribution in [0.5, 0.6) is 0 Å². The van der Waals surface area contributed by atoms with Crippen LogP contribution >= 0.6 is 0 Å². The zero-order valence-corrected chi connectivity index (χ0v) is 16.1. The van der Waals surface area contributed by atoms with Crippen LogP contribution in [0, 0.1) is 6.92 Å². The third kappa shape index (κ3) is 3.16.